The molecule has 0 bridgehead atoms. The minimum Gasteiger partial charge on any atom is -0.497 e. The zero-order valence-electron chi connectivity index (χ0n) is 15.2. The average Bonchev–Trinajstić information content (AvgIpc) is 3.11. The highest BCUT2D eigenvalue weighted by molar-refractivity contribution is 5.93. The molecule has 1 aliphatic rings. The molecule has 0 aliphatic carbocycles. The van der Waals surface area contributed by atoms with Gasteiger partial charge in [-0.05, 0) is 31.0 Å². The number of nitrogens with zero attached hydrogens (tertiary/aromatic N) is 2. The molecule has 140 valence electrons. The van der Waals surface area contributed by atoms with Gasteiger partial charge in [-0.1, -0.05) is 12.1 Å². The third kappa shape index (κ3) is 4.23. The van der Waals surface area contributed by atoms with E-state index in [-0.39, 0.29) is 12.0 Å². The lowest BCUT2D eigenvalue weighted by atomic mass is 10.1. The van der Waals surface area contributed by atoms with E-state index in [0.717, 1.165) is 23.4 Å². The van der Waals surface area contributed by atoms with Gasteiger partial charge in [-0.2, -0.15) is 0 Å². The van der Waals surface area contributed by atoms with Crippen molar-refractivity contribution in [2.45, 2.75) is 32.6 Å². The average molecular weight is 359 g/mol. The van der Waals surface area contributed by atoms with Gasteiger partial charge in [0.05, 0.1) is 32.3 Å². The Balaban J connectivity index is 1.60. The molecule has 1 aromatic heterocycles. The smallest absolute Gasteiger partial charge is 0.271 e. The fraction of sp³-hybridized carbons (Fsp3) is 0.474. The first-order chi connectivity index (χ1) is 12.7. The summed E-state index contributed by atoms with van der Waals surface area (Å²) < 4.78 is 18.4. The Hall–Kier alpha value is -2.38. The molecule has 0 fully saturated rings. The minimum absolute atomic E-state index is 0.0651. The number of amides is 1. The number of ether oxygens (including phenoxy) is 3. The molecular weight excluding hydrogens is 334 g/mol. The molecular formula is C19H25N3O4. The van der Waals surface area contributed by atoms with Crippen molar-refractivity contribution in [1.82, 2.24) is 14.9 Å². The molecule has 0 spiro atoms. The van der Waals surface area contributed by atoms with Crippen LogP contribution in [0.15, 0.2) is 30.6 Å². The van der Waals surface area contributed by atoms with Crippen molar-refractivity contribution in [2.75, 3.05) is 26.9 Å². The van der Waals surface area contributed by atoms with Crippen LogP contribution in [0.5, 0.6) is 5.75 Å². The first kappa shape index (κ1) is 18.4. The lowest BCUT2D eigenvalue weighted by molar-refractivity contribution is 0.00255. The van der Waals surface area contributed by atoms with Crippen molar-refractivity contribution >= 4 is 5.91 Å². The molecule has 0 saturated heterocycles. The Kier molecular flexibility index (Phi) is 6.25. The molecule has 1 unspecified atom stereocenters. The summed E-state index contributed by atoms with van der Waals surface area (Å²) in [6.45, 7) is 4.85. The molecule has 1 aliphatic heterocycles. The molecule has 1 N–H and O–H groups in total. The third-order valence-corrected chi connectivity index (χ3v) is 4.39. The first-order valence-corrected chi connectivity index (χ1v) is 8.88. The van der Waals surface area contributed by atoms with Gasteiger partial charge in [-0.25, -0.2) is 4.98 Å². The molecule has 2 heterocycles. The quantitative estimate of drug-likeness (QED) is 0.732. The molecule has 0 radical (unpaired) electrons. The maximum atomic E-state index is 12.3. The van der Waals surface area contributed by atoms with E-state index >= 15 is 0 Å². The van der Waals surface area contributed by atoms with Crippen molar-refractivity contribution in [3.8, 4) is 5.75 Å². The second-order valence-corrected chi connectivity index (χ2v) is 6.07. The topological polar surface area (TPSA) is 74.6 Å². The molecule has 7 nitrogen and oxygen atoms in total. The third-order valence-electron chi connectivity index (χ3n) is 4.39. The molecule has 26 heavy (non-hydrogen) atoms. The van der Waals surface area contributed by atoms with E-state index in [1.165, 1.54) is 0 Å². The van der Waals surface area contributed by atoms with Gasteiger partial charge in [0.2, 0.25) is 0 Å². The van der Waals surface area contributed by atoms with Crippen LogP contribution in [0, 0.1) is 0 Å². The van der Waals surface area contributed by atoms with E-state index in [1.807, 2.05) is 35.8 Å². The maximum Gasteiger partial charge on any atom is 0.271 e. The highest BCUT2D eigenvalue weighted by Gasteiger charge is 2.26. The number of imidazole rings is 1. The molecule has 1 atom stereocenters. The van der Waals surface area contributed by atoms with Gasteiger partial charge in [0, 0.05) is 19.8 Å². The number of benzene rings is 1. The van der Waals surface area contributed by atoms with Crippen LogP contribution >= 0.6 is 0 Å². The van der Waals surface area contributed by atoms with Gasteiger partial charge in [-0.15, -0.1) is 0 Å². The molecule has 1 aromatic carbocycles. The zero-order valence-corrected chi connectivity index (χ0v) is 15.2. The predicted octanol–water partition coefficient (Wildman–Crippen LogP) is 2.32. The van der Waals surface area contributed by atoms with E-state index in [9.17, 15) is 4.79 Å². The number of hydrogen-bond acceptors (Lipinski definition) is 5. The number of nitrogens with one attached hydrogen (secondary N) is 1. The minimum atomic E-state index is -0.165. The summed E-state index contributed by atoms with van der Waals surface area (Å²) in [5.74, 6) is 0.651. The van der Waals surface area contributed by atoms with E-state index in [4.69, 9.17) is 14.2 Å². The summed E-state index contributed by atoms with van der Waals surface area (Å²) in [7, 11) is 1.65. The second-order valence-electron chi connectivity index (χ2n) is 6.07. The van der Waals surface area contributed by atoms with Gasteiger partial charge < -0.3 is 24.1 Å². The number of fused-ring (bicyclic) bond motifs is 1. The number of aromatic nitrogens is 2. The summed E-state index contributed by atoms with van der Waals surface area (Å²) in [6.07, 6.45) is 2.43. The molecule has 3 rings (SSSR count). The van der Waals surface area contributed by atoms with Crippen LogP contribution < -0.4 is 10.1 Å². The van der Waals surface area contributed by atoms with Gasteiger partial charge in [0.15, 0.2) is 5.69 Å². The van der Waals surface area contributed by atoms with E-state index < -0.39 is 0 Å². The van der Waals surface area contributed by atoms with Crippen LogP contribution in [0.1, 0.15) is 41.2 Å². The monoisotopic (exact) mass is 359 g/mol. The van der Waals surface area contributed by atoms with Gasteiger partial charge in [-0.3, -0.25) is 4.79 Å². The number of methoxy groups -OCH3 is 1. The van der Waals surface area contributed by atoms with Gasteiger partial charge in [0.1, 0.15) is 11.9 Å². The Bertz CT molecular complexity index is 727. The highest BCUT2D eigenvalue weighted by atomic mass is 16.5. The van der Waals surface area contributed by atoms with E-state index in [2.05, 4.69) is 10.3 Å². The molecule has 7 heteroatoms. The Labute approximate surface area is 153 Å². The lowest BCUT2D eigenvalue weighted by Gasteiger charge is -2.25. The SMILES string of the molecule is CCOCCCNC(=O)c1ncn2c1COC(c1ccc(OC)cc1)C2. The molecule has 0 saturated carbocycles. The summed E-state index contributed by atoms with van der Waals surface area (Å²) in [6, 6.07) is 7.83. The number of carbonyl (C=O) groups excluding carboxylic acids is 1. The van der Waals surface area contributed by atoms with Crippen molar-refractivity contribution in [2.24, 2.45) is 0 Å². The largest absolute Gasteiger partial charge is 0.497 e. The van der Waals surface area contributed by atoms with Crippen LogP contribution in [0.3, 0.4) is 0 Å². The Morgan fingerprint density at radius 1 is 1.38 bits per heavy atom. The fourth-order valence-electron chi connectivity index (χ4n) is 2.94. The normalized spacial score (nSPS) is 16.2. The van der Waals surface area contributed by atoms with Crippen LogP contribution in [0.4, 0.5) is 0 Å². The van der Waals surface area contributed by atoms with E-state index in [1.54, 1.807) is 13.4 Å². The van der Waals surface area contributed by atoms with Crippen molar-refractivity contribution in [3.63, 3.8) is 0 Å². The maximum absolute atomic E-state index is 12.3. The predicted molar refractivity (Wildman–Crippen MR) is 96.2 cm³/mol. The summed E-state index contributed by atoms with van der Waals surface area (Å²) in [5, 5.41) is 2.89. The van der Waals surface area contributed by atoms with Crippen molar-refractivity contribution in [1.29, 1.82) is 0 Å². The number of rotatable bonds is 8. The van der Waals surface area contributed by atoms with Crippen molar-refractivity contribution in [3.05, 3.63) is 47.5 Å². The number of hydrogen-bond donors (Lipinski definition) is 1. The standard InChI is InChI=1S/C19H25N3O4/c1-3-25-10-4-9-20-19(23)18-16-12-26-17(11-22(16)13-21-18)14-5-7-15(24-2)8-6-14/h5-8,13,17H,3-4,9-12H2,1-2H3,(H,20,23). The van der Waals surface area contributed by atoms with Gasteiger partial charge >= 0.3 is 0 Å². The molecule has 2 aromatic rings. The summed E-state index contributed by atoms with van der Waals surface area (Å²) in [4.78, 5) is 16.6. The summed E-state index contributed by atoms with van der Waals surface area (Å²) in [5.41, 5.74) is 2.33. The first-order valence-electron chi connectivity index (χ1n) is 8.88. The summed E-state index contributed by atoms with van der Waals surface area (Å²) >= 11 is 0. The van der Waals surface area contributed by atoms with Gasteiger partial charge in [0.25, 0.3) is 5.91 Å². The molecule has 1 amide bonds. The number of carbonyl (C=O) groups is 1. The van der Waals surface area contributed by atoms with Crippen LogP contribution in [0.2, 0.25) is 0 Å². The second kappa shape index (κ2) is 8.82. The zero-order chi connectivity index (χ0) is 18.4. The Morgan fingerprint density at radius 2 is 2.19 bits per heavy atom. The van der Waals surface area contributed by atoms with Crippen LogP contribution in [-0.2, 0) is 22.6 Å². The van der Waals surface area contributed by atoms with Crippen LogP contribution in [0.25, 0.3) is 0 Å². The Morgan fingerprint density at radius 3 is 2.92 bits per heavy atom. The fourth-order valence-corrected chi connectivity index (χ4v) is 2.94. The van der Waals surface area contributed by atoms with Crippen molar-refractivity contribution < 1.29 is 19.0 Å². The van der Waals surface area contributed by atoms with Crippen LogP contribution in [-0.4, -0.2) is 42.3 Å². The highest BCUT2D eigenvalue weighted by Crippen LogP contribution is 2.28. The van der Waals surface area contributed by atoms with E-state index in [0.29, 0.717) is 38.6 Å². The lowest BCUT2D eigenvalue weighted by Crippen LogP contribution is -2.28.